The van der Waals surface area contributed by atoms with Crippen LogP contribution in [-0.2, 0) is 0 Å². The molecule has 0 unspecified atom stereocenters. The summed E-state index contributed by atoms with van der Waals surface area (Å²) in [6.07, 6.45) is 0. The maximum Gasteiger partial charge on any atom is 0.116 e. The van der Waals surface area contributed by atoms with E-state index in [0.29, 0.717) is 0 Å². The molecule has 2 N–H and O–H groups in total. The summed E-state index contributed by atoms with van der Waals surface area (Å²) in [6, 6.07) is 13.1. The van der Waals surface area contributed by atoms with Crippen molar-refractivity contribution in [2.24, 2.45) is 0 Å². The van der Waals surface area contributed by atoms with E-state index in [2.05, 4.69) is 26.1 Å². The summed E-state index contributed by atoms with van der Waals surface area (Å²) in [5.41, 5.74) is 2.75. The molecule has 0 saturated carbocycles. The minimum Gasteiger partial charge on any atom is -0.508 e. The highest BCUT2D eigenvalue weighted by Gasteiger charge is 2.10. The van der Waals surface area contributed by atoms with Crippen molar-refractivity contribution in [3.05, 3.63) is 46.9 Å². The molecule has 84 valence electrons. The number of phenolic OH excluding ortho intramolecular Hbond substituents is 1. The van der Waals surface area contributed by atoms with Crippen LogP contribution >= 0.6 is 15.9 Å². The van der Waals surface area contributed by atoms with E-state index in [-0.39, 0.29) is 5.75 Å². The summed E-state index contributed by atoms with van der Waals surface area (Å²) in [4.78, 5) is 0. The summed E-state index contributed by atoms with van der Waals surface area (Å²) in [6.45, 7) is 0. The number of H-pyrrole nitrogens is 1. The molecule has 0 aliphatic rings. The number of rotatable bonds is 1. The van der Waals surface area contributed by atoms with Crippen LogP contribution in [0.3, 0.4) is 0 Å². The van der Waals surface area contributed by atoms with E-state index >= 15 is 0 Å². The predicted octanol–water partition coefficient (Wildman–Crippen LogP) is 3.70. The number of fused-ring (bicyclic) bond motifs is 1. The third kappa shape index (κ3) is 1.70. The minimum atomic E-state index is 0.243. The molecule has 0 bridgehead atoms. The van der Waals surface area contributed by atoms with Gasteiger partial charge in [0.25, 0.3) is 0 Å². The number of aromatic nitrogens is 2. The maximum absolute atomic E-state index is 9.54. The van der Waals surface area contributed by atoms with E-state index in [0.717, 1.165) is 26.6 Å². The van der Waals surface area contributed by atoms with Crippen LogP contribution in [-0.4, -0.2) is 15.3 Å². The van der Waals surface area contributed by atoms with Crippen molar-refractivity contribution in [3.8, 4) is 17.0 Å². The average molecular weight is 289 g/mol. The zero-order valence-corrected chi connectivity index (χ0v) is 10.4. The van der Waals surface area contributed by atoms with E-state index in [1.807, 2.05) is 30.3 Å². The number of nitrogens with zero attached hydrogens (tertiary/aromatic N) is 1. The Hall–Kier alpha value is -1.81. The Bertz CT molecular complexity index is 691. The van der Waals surface area contributed by atoms with Gasteiger partial charge in [0.15, 0.2) is 0 Å². The van der Waals surface area contributed by atoms with Gasteiger partial charge in [-0.1, -0.05) is 34.1 Å². The zero-order chi connectivity index (χ0) is 11.8. The van der Waals surface area contributed by atoms with E-state index < -0.39 is 0 Å². The van der Waals surface area contributed by atoms with E-state index in [1.54, 1.807) is 12.1 Å². The Balaban J connectivity index is 2.31. The van der Waals surface area contributed by atoms with E-state index in [9.17, 15) is 5.11 Å². The van der Waals surface area contributed by atoms with Gasteiger partial charge < -0.3 is 5.11 Å². The number of halogens is 1. The van der Waals surface area contributed by atoms with Gasteiger partial charge in [-0.15, -0.1) is 0 Å². The SMILES string of the molecule is Oc1ccc2[nH]nc(-c3ccccc3Br)c2c1. The van der Waals surface area contributed by atoms with Crippen molar-refractivity contribution in [1.82, 2.24) is 10.2 Å². The Morgan fingerprint density at radius 1 is 1.12 bits per heavy atom. The van der Waals surface area contributed by atoms with Crippen LogP contribution in [0.1, 0.15) is 0 Å². The normalized spacial score (nSPS) is 10.9. The molecule has 0 radical (unpaired) electrons. The van der Waals surface area contributed by atoms with Gasteiger partial charge >= 0.3 is 0 Å². The second kappa shape index (κ2) is 3.89. The molecule has 0 saturated heterocycles. The number of aromatic amines is 1. The van der Waals surface area contributed by atoms with Crippen LogP contribution < -0.4 is 0 Å². The monoisotopic (exact) mass is 288 g/mol. The van der Waals surface area contributed by atoms with Crippen molar-refractivity contribution >= 4 is 26.8 Å². The standard InChI is InChI=1S/C13H9BrN2O/c14-11-4-2-1-3-9(11)13-10-7-8(17)5-6-12(10)15-16-13/h1-7,17H,(H,15,16). The Morgan fingerprint density at radius 3 is 2.76 bits per heavy atom. The summed E-state index contributed by atoms with van der Waals surface area (Å²) in [5.74, 6) is 0.243. The van der Waals surface area contributed by atoms with Gasteiger partial charge in [-0.3, -0.25) is 5.10 Å². The number of hydrogen-bond donors (Lipinski definition) is 2. The highest BCUT2D eigenvalue weighted by Crippen LogP contribution is 2.32. The number of aromatic hydroxyl groups is 1. The molecular weight excluding hydrogens is 280 g/mol. The second-order valence-electron chi connectivity index (χ2n) is 3.78. The largest absolute Gasteiger partial charge is 0.508 e. The molecule has 1 aromatic heterocycles. The first-order valence-corrected chi connectivity index (χ1v) is 5.97. The molecule has 0 fully saturated rings. The lowest BCUT2D eigenvalue weighted by Gasteiger charge is -2.01. The summed E-state index contributed by atoms with van der Waals surface area (Å²) in [5, 5.41) is 17.7. The molecule has 3 nitrogen and oxygen atoms in total. The minimum absolute atomic E-state index is 0.243. The molecule has 4 heteroatoms. The molecule has 3 aromatic rings. The Labute approximate surface area is 106 Å². The van der Waals surface area contributed by atoms with Crippen LogP contribution in [0.15, 0.2) is 46.9 Å². The summed E-state index contributed by atoms with van der Waals surface area (Å²) >= 11 is 3.51. The number of phenols is 1. The lowest BCUT2D eigenvalue weighted by atomic mass is 10.1. The molecule has 0 aliphatic heterocycles. The van der Waals surface area contributed by atoms with E-state index in [1.165, 1.54) is 0 Å². The molecule has 0 amide bonds. The van der Waals surface area contributed by atoms with Gasteiger partial charge in [0.05, 0.1) is 5.52 Å². The van der Waals surface area contributed by atoms with Gasteiger partial charge in [-0.2, -0.15) is 5.10 Å². The van der Waals surface area contributed by atoms with Crippen molar-refractivity contribution in [2.75, 3.05) is 0 Å². The lowest BCUT2D eigenvalue weighted by molar-refractivity contribution is 0.476. The smallest absolute Gasteiger partial charge is 0.116 e. The maximum atomic E-state index is 9.54. The molecule has 3 rings (SSSR count). The van der Waals surface area contributed by atoms with Gasteiger partial charge in [-0.05, 0) is 24.3 Å². The van der Waals surface area contributed by atoms with Crippen LogP contribution in [0.2, 0.25) is 0 Å². The van der Waals surface area contributed by atoms with Crippen LogP contribution in [0.4, 0.5) is 0 Å². The third-order valence-corrected chi connectivity index (χ3v) is 3.37. The van der Waals surface area contributed by atoms with Crippen molar-refractivity contribution in [2.45, 2.75) is 0 Å². The van der Waals surface area contributed by atoms with Gasteiger partial charge in [0, 0.05) is 15.4 Å². The van der Waals surface area contributed by atoms with Crippen molar-refractivity contribution in [1.29, 1.82) is 0 Å². The number of benzene rings is 2. The predicted molar refractivity (Wildman–Crippen MR) is 70.9 cm³/mol. The molecular formula is C13H9BrN2O. The molecule has 0 atom stereocenters. The van der Waals surface area contributed by atoms with E-state index in [4.69, 9.17) is 0 Å². The Morgan fingerprint density at radius 2 is 1.94 bits per heavy atom. The van der Waals surface area contributed by atoms with Crippen LogP contribution in [0.5, 0.6) is 5.75 Å². The lowest BCUT2D eigenvalue weighted by Crippen LogP contribution is -1.80. The van der Waals surface area contributed by atoms with Crippen LogP contribution in [0.25, 0.3) is 22.2 Å². The fourth-order valence-corrected chi connectivity index (χ4v) is 2.33. The van der Waals surface area contributed by atoms with Gasteiger partial charge in [0.1, 0.15) is 11.4 Å². The number of hydrogen-bond acceptors (Lipinski definition) is 2. The molecule has 0 aliphatic carbocycles. The summed E-state index contributed by atoms with van der Waals surface area (Å²) < 4.78 is 0.983. The van der Waals surface area contributed by atoms with Crippen molar-refractivity contribution < 1.29 is 5.11 Å². The fourth-order valence-electron chi connectivity index (χ4n) is 1.86. The first kappa shape index (κ1) is 10.4. The topological polar surface area (TPSA) is 48.9 Å². The highest BCUT2D eigenvalue weighted by atomic mass is 79.9. The zero-order valence-electron chi connectivity index (χ0n) is 8.81. The molecule has 1 heterocycles. The quantitative estimate of drug-likeness (QED) is 0.717. The third-order valence-electron chi connectivity index (χ3n) is 2.68. The second-order valence-corrected chi connectivity index (χ2v) is 4.64. The molecule has 17 heavy (non-hydrogen) atoms. The highest BCUT2D eigenvalue weighted by molar-refractivity contribution is 9.10. The molecule has 2 aromatic carbocycles. The summed E-state index contributed by atoms with van der Waals surface area (Å²) in [7, 11) is 0. The van der Waals surface area contributed by atoms with Gasteiger partial charge in [-0.25, -0.2) is 0 Å². The Kier molecular flexibility index (Phi) is 2.37. The average Bonchev–Trinajstić information content (AvgIpc) is 2.72. The number of nitrogens with one attached hydrogen (secondary N) is 1. The first-order chi connectivity index (χ1) is 8.25. The van der Waals surface area contributed by atoms with Crippen molar-refractivity contribution in [3.63, 3.8) is 0 Å². The molecule has 0 spiro atoms. The fraction of sp³-hybridized carbons (Fsp3) is 0. The van der Waals surface area contributed by atoms with Gasteiger partial charge in [0.2, 0.25) is 0 Å². The van der Waals surface area contributed by atoms with Crippen LogP contribution in [0, 0.1) is 0 Å². The first-order valence-electron chi connectivity index (χ1n) is 5.18.